The topological polar surface area (TPSA) is 75.7 Å². The summed E-state index contributed by atoms with van der Waals surface area (Å²) in [4.78, 5) is 40.3. The van der Waals surface area contributed by atoms with Gasteiger partial charge in [-0.2, -0.15) is 0 Å². The molecule has 6 nitrogen and oxygen atoms in total. The van der Waals surface area contributed by atoms with Crippen molar-refractivity contribution in [3.63, 3.8) is 0 Å². The van der Waals surface area contributed by atoms with Gasteiger partial charge in [0.05, 0.1) is 6.42 Å². The molecule has 1 saturated heterocycles. The standard InChI is InChI=1S/C26H32N2O4/c1-19(2)16-22(27-24(29)17-20-10-5-3-6-11-20)25(30)28-15-9-14-23(28)26(31)32-18-21-12-7-4-8-13-21/h3-8,10-13,19,22-23H,9,14-18H2,1-2H3,(H,27,29)/t22-,23-/m0/s1. The monoisotopic (exact) mass is 436 g/mol. The zero-order valence-corrected chi connectivity index (χ0v) is 18.8. The quantitative estimate of drug-likeness (QED) is 0.611. The minimum absolute atomic E-state index is 0.182. The molecule has 0 radical (unpaired) electrons. The van der Waals surface area contributed by atoms with Crippen molar-refractivity contribution in [2.45, 2.75) is 58.2 Å². The summed E-state index contributed by atoms with van der Waals surface area (Å²) in [6.45, 7) is 4.70. The van der Waals surface area contributed by atoms with E-state index in [-0.39, 0.29) is 30.8 Å². The Morgan fingerprint density at radius 2 is 1.62 bits per heavy atom. The summed E-state index contributed by atoms with van der Waals surface area (Å²) in [7, 11) is 0. The van der Waals surface area contributed by atoms with Gasteiger partial charge in [0.1, 0.15) is 18.7 Å². The Balaban J connectivity index is 1.63. The van der Waals surface area contributed by atoms with Crippen LogP contribution in [0.1, 0.15) is 44.2 Å². The van der Waals surface area contributed by atoms with Crippen LogP contribution in [0.3, 0.4) is 0 Å². The van der Waals surface area contributed by atoms with Crippen LogP contribution in [0.4, 0.5) is 0 Å². The van der Waals surface area contributed by atoms with Crippen molar-refractivity contribution in [1.82, 2.24) is 10.2 Å². The molecule has 170 valence electrons. The lowest BCUT2D eigenvalue weighted by atomic mass is 10.0. The molecule has 2 aromatic rings. The number of carbonyl (C=O) groups is 3. The van der Waals surface area contributed by atoms with Gasteiger partial charge < -0.3 is 15.0 Å². The van der Waals surface area contributed by atoms with Crippen molar-refractivity contribution in [1.29, 1.82) is 0 Å². The van der Waals surface area contributed by atoms with Gasteiger partial charge in [0.15, 0.2) is 0 Å². The number of likely N-dealkylation sites (tertiary alicyclic amines) is 1. The zero-order chi connectivity index (χ0) is 22.9. The first-order valence-corrected chi connectivity index (χ1v) is 11.3. The van der Waals surface area contributed by atoms with Crippen LogP contribution in [0.2, 0.25) is 0 Å². The SMILES string of the molecule is CC(C)C[C@H](NC(=O)Cc1ccccc1)C(=O)N1CCC[C@H]1C(=O)OCc1ccccc1. The van der Waals surface area contributed by atoms with E-state index < -0.39 is 18.1 Å². The molecule has 0 saturated carbocycles. The molecule has 0 spiro atoms. The number of carbonyl (C=O) groups excluding carboxylic acids is 3. The van der Waals surface area contributed by atoms with Crippen molar-refractivity contribution >= 4 is 17.8 Å². The van der Waals surface area contributed by atoms with Crippen LogP contribution in [0, 0.1) is 5.92 Å². The van der Waals surface area contributed by atoms with Gasteiger partial charge >= 0.3 is 5.97 Å². The maximum atomic E-state index is 13.4. The molecule has 2 amide bonds. The van der Waals surface area contributed by atoms with Crippen LogP contribution in [-0.4, -0.2) is 41.3 Å². The number of nitrogens with one attached hydrogen (secondary N) is 1. The van der Waals surface area contributed by atoms with E-state index in [1.54, 1.807) is 4.90 Å². The fourth-order valence-corrected chi connectivity index (χ4v) is 4.02. The lowest BCUT2D eigenvalue weighted by Crippen LogP contribution is -2.52. The van der Waals surface area contributed by atoms with Gasteiger partial charge in [-0.1, -0.05) is 74.5 Å². The fraction of sp³-hybridized carbons (Fsp3) is 0.423. The van der Waals surface area contributed by atoms with E-state index in [0.717, 1.165) is 17.5 Å². The molecule has 1 N–H and O–H groups in total. The molecule has 0 aliphatic carbocycles. The Kier molecular flexibility index (Phi) is 8.42. The van der Waals surface area contributed by atoms with E-state index in [0.29, 0.717) is 19.4 Å². The van der Waals surface area contributed by atoms with Crippen LogP contribution in [0.25, 0.3) is 0 Å². The first kappa shape index (κ1) is 23.5. The Labute approximate surface area is 189 Å². The second kappa shape index (κ2) is 11.5. The third kappa shape index (κ3) is 6.67. The average Bonchev–Trinajstić information content (AvgIpc) is 3.27. The second-order valence-corrected chi connectivity index (χ2v) is 8.69. The van der Waals surface area contributed by atoms with Crippen LogP contribution in [0.15, 0.2) is 60.7 Å². The fourth-order valence-electron chi connectivity index (χ4n) is 4.02. The van der Waals surface area contributed by atoms with Crippen molar-refractivity contribution < 1.29 is 19.1 Å². The molecule has 1 aliphatic heterocycles. The van der Waals surface area contributed by atoms with Crippen LogP contribution in [-0.2, 0) is 32.1 Å². The zero-order valence-electron chi connectivity index (χ0n) is 18.8. The Morgan fingerprint density at radius 1 is 1.00 bits per heavy atom. The van der Waals surface area contributed by atoms with Crippen LogP contribution in [0.5, 0.6) is 0 Å². The van der Waals surface area contributed by atoms with E-state index >= 15 is 0 Å². The van der Waals surface area contributed by atoms with Crippen molar-refractivity contribution in [2.24, 2.45) is 5.92 Å². The number of ether oxygens (including phenoxy) is 1. The molecule has 2 atom stereocenters. The highest BCUT2D eigenvalue weighted by Gasteiger charge is 2.38. The second-order valence-electron chi connectivity index (χ2n) is 8.69. The maximum Gasteiger partial charge on any atom is 0.329 e. The number of esters is 1. The van der Waals surface area contributed by atoms with E-state index in [2.05, 4.69) is 5.32 Å². The molecule has 1 fully saturated rings. The largest absolute Gasteiger partial charge is 0.459 e. The van der Waals surface area contributed by atoms with Gasteiger partial charge in [-0.05, 0) is 36.3 Å². The normalized spacial score (nSPS) is 16.6. The maximum absolute atomic E-state index is 13.4. The van der Waals surface area contributed by atoms with Gasteiger partial charge in [0, 0.05) is 6.54 Å². The molecule has 0 aromatic heterocycles. The molecule has 0 bridgehead atoms. The third-order valence-corrected chi connectivity index (χ3v) is 5.58. The minimum Gasteiger partial charge on any atom is -0.459 e. The number of rotatable bonds is 9. The van der Waals surface area contributed by atoms with E-state index in [1.165, 1.54) is 0 Å². The van der Waals surface area contributed by atoms with Gasteiger partial charge in [0.2, 0.25) is 11.8 Å². The Bertz CT molecular complexity index is 899. The molecule has 6 heteroatoms. The smallest absolute Gasteiger partial charge is 0.329 e. The highest BCUT2D eigenvalue weighted by atomic mass is 16.5. The predicted octanol–water partition coefficient (Wildman–Crippen LogP) is 3.49. The summed E-state index contributed by atoms with van der Waals surface area (Å²) in [6.07, 6.45) is 2.04. The number of benzene rings is 2. The molecular weight excluding hydrogens is 404 g/mol. The first-order valence-electron chi connectivity index (χ1n) is 11.3. The number of hydrogen-bond donors (Lipinski definition) is 1. The lowest BCUT2D eigenvalue weighted by molar-refractivity contribution is -0.155. The van der Waals surface area contributed by atoms with Gasteiger partial charge in [0.25, 0.3) is 0 Å². The Morgan fingerprint density at radius 3 is 2.25 bits per heavy atom. The average molecular weight is 437 g/mol. The van der Waals surface area contributed by atoms with E-state index in [1.807, 2.05) is 74.5 Å². The summed E-state index contributed by atoms with van der Waals surface area (Å²) >= 11 is 0. The molecule has 0 unspecified atom stereocenters. The van der Waals surface area contributed by atoms with Crippen LogP contribution >= 0.6 is 0 Å². The molecular formula is C26H32N2O4. The number of amides is 2. The van der Waals surface area contributed by atoms with E-state index in [4.69, 9.17) is 4.74 Å². The molecule has 2 aromatic carbocycles. The number of hydrogen-bond acceptors (Lipinski definition) is 4. The van der Waals surface area contributed by atoms with Gasteiger partial charge in [-0.3, -0.25) is 9.59 Å². The van der Waals surface area contributed by atoms with Gasteiger partial charge in [-0.25, -0.2) is 4.79 Å². The van der Waals surface area contributed by atoms with Crippen molar-refractivity contribution in [3.8, 4) is 0 Å². The lowest BCUT2D eigenvalue weighted by Gasteiger charge is -2.29. The first-order chi connectivity index (χ1) is 15.4. The predicted molar refractivity (Wildman–Crippen MR) is 123 cm³/mol. The van der Waals surface area contributed by atoms with E-state index in [9.17, 15) is 14.4 Å². The van der Waals surface area contributed by atoms with Gasteiger partial charge in [-0.15, -0.1) is 0 Å². The highest BCUT2D eigenvalue weighted by Crippen LogP contribution is 2.22. The van der Waals surface area contributed by atoms with Crippen molar-refractivity contribution in [3.05, 3.63) is 71.8 Å². The molecule has 1 aliphatic rings. The Hall–Kier alpha value is -3.15. The molecule has 32 heavy (non-hydrogen) atoms. The third-order valence-electron chi connectivity index (χ3n) is 5.58. The summed E-state index contributed by atoms with van der Waals surface area (Å²) < 4.78 is 5.49. The summed E-state index contributed by atoms with van der Waals surface area (Å²) in [6, 6.07) is 17.7. The number of nitrogens with zero attached hydrogens (tertiary/aromatic N) is 1. The van der Waals surface area contributed by atoms with Crippen molar-refractivity contribution in [2.75, 3.05) is 6.54 Å². The summed E-state index contributed by atoms with van der Waals surface area (Å²) in [5.74, 6) is -0.581. The summed E-state index contributed by atoms with van der Waals surface area (Å²) in [5, 5.41) is 2.91. The summed E-state index contributed by atoms with van der Waals surface area (Å²) in [5.41, 5.74) is 1.80. The molecule has 1 heterocycles. The van der Waals surface area contributed by atoms with Crippen LogP contribution < -0.4 is 5.32 Å². The highest BCUT2D eigenvalue weighted by molar-refractivity contribution is 5.91. The minimum atomic E-state index is -0.659. The molecule has 3 rings (SSSR count).